The number of furan rings is 1. The second-order valence-corrected chi connectivity index (χ2v) is 6.29. The molecule has 0 bridgehead atoms. The molecule has 0 unspecified atom stereocenters. The van der Waals surface area contributed by atoms with E-state index in [1.807, 2.05) is 24.3 Å². The lowest BCUT2D eigenvalue weighted by molar-refractivity contribution is -0.111. The van der Waals surface area contributed by atoms with Crippen molar-refractivity contribution in [1.29, 1.82) is 0 Å². The molecule has 5 nitrogen and oxygen atoms in total. The van der Waals surface area contributed by atoms with Gasteiger partial charge in [0.25, 0.3) is 5.91 Å². The van der Waals surface area contributed by atoms with Gasteiger partial charge < -0.3 is 15.1 Å². The lowest BCUT2D eigenvalue weighted by Crippen LogP contribution is -2.12. The Bertz CT molecular complexity index is 915. The SMILES string of the molecule is O=C(/C=C/c1ccco1)Nc1ccc(C(=O)Nc2ccc(Br)cc2)cc1. The summed E-state index contributed by atoms with van der Waals surface area (Å²) < 4.78 is 6.06. The van der Waals surface area contributed by atoms with Crippen molar-refractivity contribution in [2.75, 3.05) is 10.6 Å². The van der Waals surface area contributed by atoms with E-state index in [4.69, 9.17) is 4.42 Å². The summed E-state index contributed by atoms with van der Waals surface area (Å²) >= 11 is 3.35. The molecule has 3 aromatic rings. The summed E-state index contributed by atoms with van der Waals surface area (Å²) in [6.07, 6.45) is 4.50. The van der Waals surface area contributed by atoms with Crippen LogP contribution in [0.15, 0.2) is 81.9 Å². The van der Waals surface area contributed by atoms with Crippen LogP contribution in [0.25, 0.3) is 6.08 Å². The maximum absolute atomic E-state index is 12.2. The van der Waals surface area contributed by atoms with Crippen molar-refractivity contribution < 1.29 is 14.0 Å². The summed E-state index contributed by atoms with van der Waals surface area (Å²) in [6, 6.07) is 17.5. The highest BCUT2D eigenvalue weighted by molar-refractivity contribution is 9.10. The number of benzene rings is 2. The molecule has 2 N–H and O–H groups in total. The van der Waals surface area contributed by atoms with Crippen LogP contribution in [0.1, 0.15) is 16.1 Å². The van der Waals surface area contributed by atoms with Gasteiger partial charge in [0.1, 0.15) is 5.76 Å². The number of hydrogen-bond donors (Lipinski definition) is 2. The molecule has 2 aromatic carbocycles. The Morgan fingerprint density at radius 1 is 0.885 bits per heavy atom. The van der Waals surface area contributed by atoms with Crippen LogP contribution in [0.2, 0.25) is 0 Å². The van der Waals surface area contributed by atoms with E-state index in [9.17, 15) is 9.59 Å². The molecule has 0 fully saturated rings. The first kappa shape index (κ1) is 17.7. The van der Waals surface area contributed by atoms with Crippen molar-refractivity contribution in [3.63, 3.8) is 0 Å². The Labute approximate surface area is 158 Å². The van der Waals surface area contributed by atoms with E-state index in [0.29, 0.717) is 22.7 Å². The van der Waals surface area contributed by atoms with Crippen LogP contribution in [-0.2, 0) is 4.79 Å². The predicted octanol–water partition coefficient (Wildman–Crippen LogP) is 4.95. The van der Waals surface area contributed by atoms with E-state index in [-0.39, 0.29) is 11.8 Å². The van der Waals surface area contributed by atoms with Crippen LogP contribution in [0.5, 0.6) is 0 Å². The molecule has 130 valence electrons. The number of anilines is 2. The van der Waals surface area contributed by atoms with Gasteiger partial charge in [-0.15, -0.1) is 0 Å². The van der Waals surface area contributed by atoms with Gasteiger partial charge in [-0.2, -0.15) is 0 Å². The number of amides is 2. The van der Waals surface area contributed by atoms with E-state index in [1.54, 1.807) is 42.5 Å². The zero-order chi connectivity index (χ0) is 18.4. The molecular weight excluding hydrogens is 396 g/mol. The van der Waals surface area contributed by atoms with Crippen molar-refractivity contribution >= 4 is 45.2 Å². The normalized spacial score (nSPS) is 10.7. The molecular formula is C20H15BrN2O3. The smallest absolute Gasteiger partial charge is 0.255 e. The largest absolute Gasteiger partial charge is 0.465 e. The molecule has 0 spiro atoms. The van der Waals surface area contributed by atoms with Crippen LogP contribution in [0.3, 0.4) is 0 Å². The lowest BCUT2D eigenvalue weighted by Gasteiger charge is -2.07. The minimum Gasteiger partial charge on any atom is -0.465 e. The highest BCUT2D eigenvalue weighted by atomic mass is 79.9. The molecule has 0 aliphatic rings. The Morgan fingerprint density at radius 3 is 2.19 bits per heavy atom. The predicted molar refractivity (Wildman–Crippen MR) is 105 cm³/mol. The van der Waals surface area contributed by atoms with Crippen molar-refractivity contribution in [2.24, 2.45) is 0 Å². The molecule has 0 radical (unpaired) electrons. The summed E-state index contributed by atoms with van der Waals surface area (Å²) in [7, 11) is 0. The highest BCUT2D eigenvalue weighted by Gasteiger charge is 2.06. The van der Waals surface area contributed by atoms with Gasteiger partial charge >= 0.3 is 0 Å². The monoisotopic (exact) mass is 410 g/mol. The van der Waals surface area contributed by atoms with E-state index >= 15 is 0 Å². The Hall–Kier alpha value is -3.12. The van der Waals surface area contributed by atoms with Gasteiger partial charge in [0.05, 0.1) is 6.26 Å². The fourth-order valence-electron chi connectivity index (χ4n) is 2.17. The van der Waals surface area contributed by atoms with Crippen LogP contribution in [0.4, 0.5) is 11.4 Å². The quantitative estimate of drug-likeness (QED) is 0.584. The van der Waals surface area contributed by atoms with Crippen molar-refractivity contribution in [1.82, 2.24) is 0 Å². The van der Waals surface area contributed by atoms with Crippen molar-refractivity contribution in [2.45, 2.75) is 0 Å². The van der Waals surface area contributed by atoms with E-state index in [2.05, 4.69) is 26.6 Å². The van der Waals surface area contributed by atoms with E-state index in [1.165, 1.54) is 12.3 Å². The molecule has 26 heavy (non-hydrogen) atoms. The highest BCUT2D eigenvalue weighted by Crippen LogP contribution is 2.16. The number of rotatable bonds is 5. The number of carbonyl (C=O) groups is 2. The van der Waals surface area contributed by atoms with E-state index < -0.39 is 0 Å². The topological polar surface area (TPSA) is 71.3 Å². The van der Waals surface area contributed by atoms with Crippen molar-refractivity contribution in [3.8, 4) is 0 Å². The van der Waals surface area contributed by atoms with Crippen molar-refractivity contribution in [3.05, 3.63) is 88.8 Å². The molecule has 0 aliphatic carbocycles. The van der Waals surface area contributed by atoms with Crippen LogP contribution >= 0.6 is 15.9 Å². The number of nitrogens with one attached hydrogen (secondary N) is 2. The number of hydrogen-bond acceptors (Lipinski definition) is 3. The summed E-state index contributed by atoms with van der Waals surface area (Å²) in [5, 5.41) is 5.53. The third-order valence-electron chi connectivity index (χ3n) is 3.46. The van der Waals surface area contributed by atoms with Crippen LogP contribution in [-0.4, -0.2) is 11.8 Å². The Kier molecular flexibility index (Phi) is 5.66. The molecule has 0 atom stereocenters. The standard InChI is InChI=1S/C20H15BrN2O3/c21-15-5-9-17(10-6-15)23-20(25)14-3-7-16(8-4-14)22-19(24)12-11-18-2-1-13-26-18/h1-13H,(H,22,24)(H,23,25)/b12-11+. The maximum atomic E-state index is 12.2. The molecule has 0 saturated carbocycles. The second kappa shape index (κ2) is 8.31. The number of carbonyl (C=O) groups excluding carboxylic acids is 2. The molecule has 3 rings (SSSR count). The fraction of sp³-hybridized carbons (Fsp3) is 0. The molecule has 1 aromatic heterocycles. The van der Waals surface area contributed by atoms with Gasteiger partial charge in [0.15, 0.2) is 0 Å². The fourth-order valence-corrected chi connectivity index (χ4v) is 2.43. The third-order valence-corrected chi connectivity index (χ3v) is 3.99. The van der Waals surface area contributed by atoms with Gasteiger partial charge in [-0.3, -0.25) is 9.59 Å². The van der Waals surface area contributed by atoms with Gasteiger partial charge in [0.2, 0.25) is 5.91 Å². The first-order chi connectivity index (χ1) is 12.6. The maximum Gasteiger partial charge on any atom is 0.255 e. The summed E-state index contributed by atoms with van der Waals surface area (Å²) in [5.41, 5.74) is 1.80. The van der Waals surface area contributed by atoms with Crippen LogP contribution in [0, 0.1) is 0 Å². The molecule has 0 saturated heterocycles. The second-order valence-electron chi connectivity index (χ2n) is 5.38. The third kappa shape index (κ3) is 4.94. The van der Waals surface area contributed by atoms with Gasteiger partial charge in [0, 0.05) is 27.5 Å². The molecule has 1 heterocycles. The van der Waals surface area contributed by atoms with Gasteiger partial charge in [-0.25, -0.2) is 0 Å². The Morgan fingerprint density at radius 2 is 1.54 bits per heavy atom. The number of halogens is 1. The zero-order valence-corrected chi connectivity index (χ0v) is 15.2. The summed E-state index contributed by atoms with van der Waals surface area (Å²) in [5.74, 6) is 0.0940. The van der Waals surface area contributed by atoms with Crippen LogP contribution < -0.4 is 10.6 Å². The summed E-state index contributed by atoms with van der Waals surface area (Å²) in [6.45, 7) is 0. The Balaban J connectivity index is 1.58. The molecule has 2 amide bonds. The van der Waals surface area contributed by atoms with Gasteiger partial charge in [-0.05, 0) is 66.7 Å². The van der Waals surface area contributed by atoms with Gasteiger partial charge in [-0.1, -0.05) is 15.9 Å². The minimum atomic E-state index is -0.284. The zero-order valence-electron chi connectivity index (χ0n) is 13.6. The first-order valence-corrected chi connectivity index (χ1v) is 8.59. The molecule has 0 aliphatic heterocycles. The minimum absolute atomic E-state index is 0.220. The average molecular weight is 411 g/mol. The summed E-state index contributed by atoms with van der Waals surface area (Å²) in [4.78, 5) is 24.1. The lowest BCUT2D eigenvalue weighted by atomic mass is 10.2. The van der Waals surface area contributed by atoms with E-state index in [0.717, 1.165) is 4.47 Å². The molecule has 6 heteroatoms. The first-order valence-electron chi connectivity index (χ1n) is 7.80. The average Bonchev–Trinajstić information content (AvgIpc) is 3.16.